The van der Waals surface area contributed by atoms with Gasteiger partial charge in [0.15, 0.2) is 8.32 Å². The molecule has 0 bridgehead atoms. The molecule has 0 aliphatic carbocycles. The molecule has 0 aromatic heterocycles. The third-order valence-electron chi connectivity index (χ3n) is 8.00. The van der Waals surface area contributed by atoms with Crippen LogP contribution in [0.5, 0.6) is 0 Å². The van der Waals surface area contributed by atoms with Crippen LogP contribution in [0, 0.1) is 0 Å². The summed E-state index contributed by atoms with van der Waals surface area (Å²) in [5, 5.41) is 0. The van der Waals surface area contributed by atoms with Gasteiger partial charge in [0, 0.05) is 0 Å². The smallest absolute Gasteiger partial charge is 0.200 e. The highest BCUT2D eigenvalue weighted by Gasteiger charge is 2.46. The molecule has 4 nitrogen and oxygen atoms in total. The van der Waals surface area contributed by atoms with Gasteiger partial charge < -0.3 is 18.6 Å². The average Bonchev–Trinajstić information content (AvgIpc) is 2.98. The summed E-state index contributed by atoms with van der Waals surface area (Å²) < 4.78 is 26.9. The summed E-state index contributed by atoms with van der Waals surface area (Å²) in [7, 11) is -2.15. The Kier molecular flexibility index (Phi) is 13.5. The van der Waals surface area contributed by atoms with Gasteiger partial charge in [-0.05, 0) is 33.3 Å². The van der Waals surface area contributed by atoms with Gasteiger partial charge in [-0.25, -0.2) is 0 Å². The molecular formula is C36H50O4Si. The molecule has 3 aromatic rings. The summed E-state index contributed by atoms with van der Waals surface area (Å²) in [6, 6.07) is 30.7. The van der Waals surface area contributed by atoms with Crippen LogP contribution in [0.3, 0.4) is 0 Å². The van der Waals surface area contributed by atoms with Gasteiger partial charge in [0.05, 0.1) is 26.4 Å². The normalized spacial score (nSPS) is 14.4. The number of rotatable bonds is 18. The zero-order valence-electron chi connectivity index (χ0n) is 25.9. The molecule has 0 saturated carbocycles. The van der Waals surface area contributed by atoms with Crippen LogP contribution in [-0.4, -0.2) is 33.2 Å². The van der Waals surface area contributed by atoms with E-state index >= 15 is 0 Å². The van der Waals surface area contributed by atoms with Crippen LogP contribution < -0.4 is 0 Å². The first-order valence-corrected chi connectivity index (χ1v) is 17.1. The van der Waals surface area contributed by atoms with E-state index in [1.807, 2.05) is 60.7 Å². The third-order valence-corrected chi connectivity index (χ3v) is 14.1. The number of benzene rings is 3. The number of ether oxygens (including phenoxy) is 3. The van der Waals surface area contributed by atoms with Crippen molar-refractivity contribution in [1.82, 2.24) is 0 Å². The second-order valence-corrected chi connectivity index (χ2v) is 17.2. The molecule has 0 heterocycles. The van der Waals surface area contributed by atoms with Crippen molar-refractivity contribution in [3.63, 3.8) is 0 Å². The fraction of sp³-hybridized carbons (Fsp3) is 0.444. The van der Waals surface area contributed by atoms with Crippen LogP contribution in [0.4, 0.5) is 0 Å². The molecule has 3 aromatic carbocycles. The zero-order chi connectivity index (χ0) is 29.7. The lowest BCUT2D eigenvalue weighted by Gasteiger charge is -2.44. The van der Waals surface area contributed by atoms with Crippen molar-refractivity contribution in [1.29, 1.82) is 0 Å². The minimum Gasteiger partial charge on any atom is -0.413 e. The molecule has 3 unspecified atom stereocenters. The quantitative estimate of drug-likeness (QED) is 0.112. The van der Waals surface area contributed by atoms with Crippen LogP contribution >= 0.6 is 0 Å². The van der Waals surface area contributed by atoms with E-state index in [1.54, 1.807) is 0 Å². The maximum Gasteiger partial charge on any atom is 0.200 e. The Labute approximate surface area is 249 Å². The first-order chi connectivity index (χ1) is 19.8. The van der Waals surface area contributed by atoms with E-state index in [0.717, 1.165) is 16.7 Å². The second kappa shape index (κ2) is 16.8. The fourth-order valence-corrected chi connectivity index (χ4v) is 11.4. The van der Waals surface area contributed by atoms with E-state index < -0.39 is 20.5 Å². The highest BCUT2D eigenvalue weighted by Crippen LogP contribution is 2.42. The Morgan fingerprint density at radius 3 is 1.37 bits per heavy atom. The molecule has 3 atom stereocenters. The second-order valence-electron chi connectivity index (χ2n) is 11.7. The predicted molar refractivity (Wildman–Crippen MR) is 172 cm³/mol. The first-order valence-electron chi connectivity index (χ1n) is 15.0. The highest BCUT2D eigenvalue weighted by atomic mass is 28.4. The van der Waals surface area contributed by atoms with Crippen molar-refractivity contribution in [2.24, 2.45) is 0 Å². The summed E-state index contributed by atoms with van der Waals surface area (Å²) in [4.78, 5) is 0. The predicted octanol–water partition coefficient (Wildman–Crippen LogP) is 9.12. The lowest BCUT2D eigenvalue weighted by atomic mass is 10.1. The summed E-state index contributed by atoms with van der Waals surface area (Å²) >= 11 is 0. The Morgan fingerprint density at radius 2 is 0.976 bits per heavy atom. The Balaban J connectivity index is 1.93. The Bertz CT molecular complexity index is 1100. The van der Waals surface area contributed by atoms with Gasteiger partial charge >= 0.3 is 0 Å². The third kappa shape index (κ3) is 9.49. The molecule has 222 valence electrons. The number of hydrogen-bond donors (Lipinski definition) is 0. The fourth-order valence-electron chi connectivity index (χ4n) is 5.99. The van der Waals surface area contributed by atoms with Crippen LogP contribution in [0.25, 0.3) is 0 Å². The minimum atomic E-state index is -2.15. The summed E-state index contributed by atoms with van der Waals surface area (Å²) in [5.74, 6) is 0. The van der Waals surface area contributed by atoms with Crippen molar-refractivity contribution in [2.75, 3.05) is 6.61 Å². The van der Waals surface area contributed by atoms with Crippen LogP contribution in [0.1, 0.15) is 58.2 Å². The van der Waals surface area contributed by atoms with Crippen LogP contribution in [0.2, 0.25) is 16.6 Å². The van der Waals surface area contributed by atoms with Gasteiger partial charge in [-0.15, -0.1) is 6.58 Å². The monoisotopic (exact) mass is 574 g/mol. The molecule has 0 saturated heterocycles. The van der Waals surface area contributed by atoms with Crippen molar-refractivity contribution in [3.8, 4) is 0 Å². The molecular weight excluding hydrogens is 524 g/mol. The van der Waals surface area contributed by atoms with Crippen molar-refractivity contribution in [3.05, 3.63) is 120 Å². The summed E-state index contributed by atoms with van der Waals surface area (Å²) in [6.07, 6.45) is 0.672. The van der Waals surface area contributed by atoms with Gasteiger partial charge in [-0.3, -0.25) is 0 Å². The molecule has 0 radical (unpaired) electrons. The Hall–Kier alpha value is -2.54. The van der Waals surface area contributed by atoms with Gasteiger partial charge in [0.1, 0.15) is 18.3 Å². The topological polar surface area (TPSA) is 36.9 Å². The lowest BCUT2D eigenvalue weighted by Crippen LogP contribution is -2.52. The van der Waals surface area contributed by atoms with Gasteiger partial charge in [-0.1, -0.05) is 139 Å². The van der Waals surface area contributed by atoms with Gasteiger partial charge in [-0.2, -0.15) is 0 Å². The lowest BCUT2D eigenvalue weighted by molar-refractivity contribution is -0.148. The largest absolute Gasteiger partial charge is 0.413 e. The van der Waals surface area contributed by atoms with E-state index in [-0.39, 0.29) is 6.10 Å². The molecule has 0 aliphatic rings. The van der Waals surface area contributed by atoms with Crippen LogP contribution in [-0.2, 0) is 38.5 Å². The molecule has 0 N–H and O–H groups in total. The molecule has 0 amide bonds. The average molecular weight is 575 g/mol. The van der Waals surface area contributed by atoms with Gasteiger partial charge in [0.25, 0.3) is 0 Å². The molecule has 5 heteroatoms. The SMILES string of the molecule is C=CC(OCc1ccccc1)C(OCc1ccccc1)C(CO[Si](C(C)C)(C(C)C)C(C)C)OCc1ccccc1. The van der Waals surface area contributed by atoms with Crippen LogP contribution in [0.15, 0.2) is 104 Å². The first kappa shape index (κ1) is 33.0. The summed E-state index contributed by atoms with van der Waals surface area (Å²) in [5.41, 5.74) is 4.70. The Morgan fingerprint density at radius 1 is 0.585 bits per heavy atom. The van der Waals surface area contributed by atoms with E-state index in [2.05, 4.69) is 84.5 Å². The van der Waals surface area contributed by atoms with E-state index in [4.69, 9.17) is 18.6 Å². The molecule has 41 heavy (non-hydrogen) atoms. The molecule has 0 aliphatic heterocycles. The summed E-state index contributed by atoms with van der Waals surface area (Å²) in [6.45, 7) is 19.8. The zero-order valence-corrected chi connectivity index (χ0v) is 26.9. The van der Waals surface area contributed by atoms with E-state index in [1.165, 1.54) is 0 Å². The van der Waals surface area contributed by atoms with Gasteiger partial charge in [0.2, 0.25) is 0 Å². The number of hydrogen-bond acceptors (Lipinski definition) is 4. The van der Waals surface area contributed by atoms with Crippen molar-refractivity contribution < 1.29 is 18.6 Å². The van der Waals surface area contributed by atoms with Crippen molar-refractivity contribution >= 4 is 8.32 Å². The highest BCUT2D eigenvalue weighted by molar-refractivity contribution is 6.77. The van der Waals surface area contributed by atoms with E-state index in [9.17, 15) is 0 Å². The maximum atomic E-state index is 7.10. The molecule has 0 spiro atoms. The van der Waals surface area contributed by atoms with Crippen molar-refractivity contribution in [2.45, 2.75) is 96.3 Å². The van der Waals surface area contributed by atoms with E-state index in [0.29, 0.717) is 43.1 Å². The standard InChI is InChI=1S/C36H50O4Si/c1-8-34(37-24-31-18-12-9-13-19-31)36(39-26-33-22-16-11-17-23-33)35(38-25-32-20-14-10-15-21-32)27-40-41(28(2)3,29(4)5)30(6)7/h8-23,28-30,34-36H,1,24-27H2,2-7H3. The molecule has 3 rings (SSSR count). The molecule has 0 fully saturated rings. The minimum absolute atomic E-state index is 0.360. The maximum absolute atomic E-state index is 7.10.